The summed E-state index contributed by atoms with van der Waals surface area (Å²) >= 11 is 3.02. The minimum Gasteiger partial charge on any atom is -0.356 e. The maximum absolute atomic E-state index is 13.2. The third-order valence-corrected chi connectivity index (χ3v) is 8.44. The van der Waals surface area contributed by atoms with Crippen LogP contribution in [0.1, 0.15) is 55.3 Å². The van der Waals surface area contributed by atoms with Crippen molar-refractivity contribution in [1.29, 1.82) is 0 Å². The summed E-state index contributed by atoms with van der Waals surface area (Å²) in [6.45, 7) is 7.46. The molecule has 0 aromatic carbocycles. The molecule has 19 heteroatoms. The van der Waals surface area contributed by atoms with Crippen LogP contribution in [0.5, 0.6) is 0 Å². The number of anilines is 4. The van der Waals surface area contributed by atoms with Gasteiger partial charge in [-0.3, -0.25) is 29.0 Å². The van der Waals surface area contributed by atoms with Crippen LogP contribution in [0.25, 0.3) is 0 Å². The number of nitrogens with one attached hydrogen (secondary N) is 7. The molecular formula is C34H42BrClN12O5. The molecule has 53 heavy (non-hydrogen) atoms. The summed E-state index contributed by atoms with van der Waals surface area (Å²) in [4.78, 5) is 68.7. The highest BCUT2D eigenvalue weighted by Gasteiger charge is 2.20. The molecule has 0 bridgehead atoms. The first-order valence-electron chi connectivity index (χ1n) is 16.3. The molecule has 1 atom stereocenters. The number of hydrogen-bond donors (Lipinski definition) is 7. The van der Waals surface area contributed by atoms with Gasteiger partial charge in [0, 0.05) is 78.7 Å². The minimum atomic E-state index is -0.467. The zero-order valence-electron chi connectivity index (χ0n) is 29.8. The lowest BCUT2D eigenvalue weighted by Gasteiger charge is -2.21. The van der Waals surface area contributed by atoms with Gasteiger partial charge >= 0.3 is 0 Å². The van der Waals surface area contributed by atoms with E-state index in [0.29, 0.717) is 35.0 Å². The van der Waals surface area contributed by atoms with Crippen molar-refractivity contribution in [3.05, 3.63) is 82.9 Å². The van der Waals surface area contributed by atoms with E-state index < -0.39 is 23.6 Å². The van der Waals surface area contributed by atoms with E-state index in [1.165, 1.54) is 18.2 Å². The van der Waals surface area contributed by atoms with Crippen LogP contribution in [-0.4, -0.2) is 79.4 Å². The van der Waals surface area contributed by atoms with Gasteiger partial charge in [0.15, 0.2) is 5.96 Å². The summed E-state index contributed by atoms with van der Waals surface area (Å²) in [5.41, 5.74) is 2.75. The van der Waals surface area contributed by atoms with E-state index in [0.717, 1.165) is 25.5 Å². The fourth-order valence-electron chi connectivity index (χ4n) is 5.47. The van der Waals surface area contributed by atoms with Gasteiger partial charge in [0.05, 0.1) is 27.2 Å². The van der Waals surface area contributed by atoms with Crippen molar-refractivity contribution in [2.24, 2.45) is 33.2 Å². The third kappa shape index (κ3) is 9.98. The number of carbonyl (C=O) groups is 5. The van der Waals surface area contributed by atoms with Crippen LogP contribution in [0.4, 0.5) is 22.7 Å². The topological polar surface area (TPSA) is 202 Å². The molecule has 0 aliphatic carbocycles. The lowest BCUT2D eigenvalue weighted by Crippen LogP contribution is -2.48. The second-order valence-electron chi connectivity index (χ2n) is 12.4. The summed E-state index contributed by atoms with van der Waals surface area (Å²) < 4.78 is 6.46. The Bertz CT molecular complexity index is 2090. The lowest BCUT2D eigenvalue weighted by atomic mass is 10.3. The number of guanidine groups is 1. The first-order valence-corrected chi connectivity index (χ1v) is 17.1. The summed E-state index contributed by atoms with van der Waals surface area (Å²) in [6, 6.07) is 6.11. The van der Waals surface area contributed by atoms with Gasteiger partial charge in [-0.15, -0.1) is 12.4 Å². The van der Waals surface area contributed by atoms with Gasteiger partial charge in [-0.2, -0.15) is 0 Å². The van der Waals surface area contributed by atoms with Gasteiger partial charge in [-0.25, -0.2) is 0 Å². The molecule has 1 unspecified atom stereocenters. The molecule has 17 nitrogen and oxygen atoms in total. The van der Waals surface area contributed by atoms with Gasteiger partial charge < -0.3 is 55.5 Å². The van der Waals surface area contributed by atoms with Crippen molar-refractivity contribution in [2.75, 3.05) is 40.9 Å². The molecule has 0 saturated carbocycles. The van der Waals surface area contributed by atoms with Crippen LogP contribution >= 0.6 is 28.3 Å². The Morgan fingerprint density at radius 1 is 0.736 bits per heavy atom. The predicted octanol–water partition coefficient (Wildman–Crippen LogP) is 3.12. The molecule has 5 heterocycles. The second-order valence-corrected chi connectivity index (χ2v) is 13.3. The van der Waals surface area contributed by atoms with Crippen LogP contribution in [0, 0.1) is 0 Å². The van der Waals surface area contributed by atoms with E-state index in [4.69, 9.17) is 0 Å². The number of nitrogens with zero attached hydrogens (tertiary/aromatic N) is 5. The van der Waals surface area contributed by atoms with Crippen LogP contribution in [0.2, 0.25) is 0 Å². The van der Waals surface area contributed by atoms with Crippen molar-refractivity contribution in [2.45, 2.75) is 19.4 Å². The van der Waals surface area contributed by atoms with Crippen LogP contribution in [0.15, 0.2) is 65.1 Å². The molecule has 0 radical (unpaired) electrons. The quantitative estimate of drug-likeness (QED) is 0.107. The van der Waals surface area contributed by atoms with Crippen LogP contribution in [-0.2, 0) is 33.0 Å². The molecule has 0 fully saturated rings. The van der Waals surface area contributed by atoms with E-state index in [1.807, 2.05) is 6.92 Å². The summed E-state index contributed by atoms with van der Waals surface area (Å²) in [5, 5.41) is 20.3. The van der Waals surface area contributed by atoms with Gasteiger partial charge in [0.2, 0.25) is 0 Å². The van der Waals surface area contributed by atoms with Crippen LogP contribution in [0.3, 0.4) is 0 Å². The fraction of sp³-hybridized carbons (Fsp3) is 0.294. The van der Waals surface area contributed by atoms with Crippen molar-refractivity contribution >= 4 is 86.6 Å². The highest BCUT2D eigenvalue weighted by molar-refractivity contribution is 9.12. The van der Waals surface area contributed by atoms with Gasteiger partial charge in [-0.05, 0) is 53.5 Å². The van der Waals surface area contributed by atoms with Crippen molar-refractivity contribution < 1.29 is 24.0 Å². The summed E-state index contributed by atoms with van der Waals surface area (Å²) in [7, 11) is 6.71. The number of aliphatic imine (C=N–C) groups is 1. The highest BCUT2D eigenvalue weighted by atomic mass is 79.9. The number of hydrogen-bond acceptors (Lipinski definition) is 8. The highest BCUT2D eigenvalue weighted by Crippen LogP contribution is 2.21. The third-order valence-electron chi connectivity index (χ3n) is 8.08. The number of carbonyl (C=O) groups excluding carboxylic acids is 5. The average molecular weight is 814 g/mol. The number of aryl methyl sites for hydroxylation is 4. The van der Waals surface area contributed by atoms with Crippen molar-refractivity contribution in [3.63, 3.8) is 0 Å². The smallest absolute Gasteiger partial charge is 0.272 e. The van der Waals surface area contributed by atoms with Crippen LogP contribution < -0.4 is 37.2 Å². The van der Waals surface area contributed by atoms with Gasteiger partial charge in [0.1, 0.15) is 22.8 Å². The summed E-state index contributed by atoms with van der Waals surface area (Å²) in [6.07, 6.45) is 7.41. The number of aromatic nitrogens is 4. The van der Waals surface area contributed by atoms with E-state index >= 15 is 0 Å². The standard InChI is InChI=1S/C34H41BrN12O5.ClH/c1-19(39-34-36-8-7-9-37-34)14-38-30(49)25-10-22(16-44(25)3)41-32(51)27-12-24(18-46(27)5)43-33(52)28-13-23(17-47(28)6)42-31(50)26-11-21(15-45(26)4)40-29(48)20(2)35;/h10-13,15-19H,2,7-9,14H2,1,3-6H3,(H,38,49)(H,40,48)(H,41,51)(H,42,50)(H,43,52)(H2,36,37,39);1H. The van der Waals surface area contributed by atoms with E-state index in [2.05, 4.69) is 64.7 Å². The van der Waals surface area contributed by atoms with Gasteiger partial charge in [-0.1, -0.05) is 6.58 Å². The monoisotopic (exact) mass is 812 g/mol. The molecule has 282 valence electrons. The van der Waals surface area contributed by atoms with E-state index in [9.17, 15) is 24.0 Å². The molecule has 1 aliphatic heterocycles. The number of halogens is 2. The molecule has 5 rings (SSSR count). The van der Waals surface area contributed by atoms with Crippen molar-refractivity contribution in [1.82, 2.24) is 34.2 Å². The largest absolute Gasteiger partial charge is 0.356 e. The molecule has 4 aromatic rings. The first kappa shape index (κ1) is 40.0. The average Bonchev–Trinajstić information content (AvgIpc) is 3.85. The lowest BCUT2D eigenvalue weighted by molar-refractivity contribution is -0.112. The minimum absolute atomic E-state index is 0. The van der Waals surface area contributed by atoms with E-state index in [1.54, 1.807) is 77.3 Å². The Kier molecular flexibility index (Phi) is 13.0. The summed E-state index contributed by atoms with van der Waals surface area (Å²) in [5.74, 6) is -1.36. The van der Waals surface area contributed by atoms with Crippen molar-refractivity contribution in [3.8, 4) is 0 Å². The number of amides is 5. The SMILES string of the molecule is C=C(Br)C(=O)Nc1cc(C(=O)Nc2cc(C(=O)Nc3cc(C(=O)Nc4cc(C(=O)NCC(C)NC5=NCCCN5)n(C)c4)n(C)c3)n(C)c2)n(C)c1.Cl. The molecule has 4 aromatic heterocycles. The molecule has 1 aliphatic rings. The Labute approximate surface area is 320 Å². The molecule has 0 spiro atoms. The number of rotatable bonds is 12. The second kappa shape index (κ2) is 17.2. The van der Waals surface area contributed by atoms with E-state index in [-0.39, 0.29) is 45.9 Å². The molecule has 7 N–H and O–H groups in total. The maximum atomic E-state index is 13.2. The normalized spacial score (nSPS) is 12.7. The Balaban J connectivity index is 0.00000627. The fourth-order valence-corrected chi connectivity index (χ4v) is 5.57. The molecular weight excluding hydrogens is 772 g/mol. The zero-order valence-corrected chi connectivity index (χ0v) is 32.2. The molecule has 5 amide bonds. The maximum Gasteiger partial charge on any atom is 0.272 e. The zero-order chi connectivity index (χ0) is 37.7. The molecule has 0 saturated heterocycles. The first-order chi connectivity index (χ1) is 24.7. The Hall–Kier alpha value is -5.75. The Morgan fingerprint density at radius 3 is 1.51 bits per heavy atom. The van der Waals surface area contributed by atoms with Gasteiger partial charge in [0.25, 0.3) is 29.5 Å². The Morgan fingerprint density at radius 2 is 1.13 bits per heavy atom. The predicted molar refractivity (Wildman–Crippen MR) is 209 cm³/mol.